The van der Waals surface area contributed by atoms with Crippen molar-refractivity contribution in [3.05, 3.63) is 36.4 Å². The van der Waals surface area contributed by atoms with Gasteiger partial charge in [0.15, 0.2) is 0 Å². The third kappa shape index (κ3) is 1.41. The zero-order chi connectivity index (χ0) is 9.38. The van der Waals surface area contributed by atoms with Gasteiger partial charge in [0.25, 0.3) is 0 Å². The van der Waals surface area contributed by atoms with Gasteiger partial charge in [-0.15, -0.1) is 0 Å². The molecule has 1 aromatic rings. The number of anilines is 1. The zero-order valence-electron chi connectivity index (χ0n) is 8.45. The van der Waals surface area contributed by atoms with Crippen molar-refractivity contribution in [2.45, 2.75) is 31.6 Å². The van der Waals surface area contributed by atoms with Gasteiger partial charge in [0, 0.05) is 18.8 Å². The number of hydrogen-bond acceptors (Lipinski definition) is 1. The van der Waals surface area contributed by atoms with E-state index in [0.717, 1.165) is 5.92 Å². The molecule has 0 atom stereocenters. The molecule has 1 saturated carbocycles. The van der Waals surface area contributed by atoms with E-state index in [1.54, 1.807) is 5.56 Å². The number of nitrogens with zero attached hydrogens (tertiary/aromatic N) is 1. The molecule has 0 unspecified atom stereocenters. The lowest BCUT2D eigenvalue weighted by Crippen LogP contribution is -2.15. The van der Waals surface area contributed by atoms with Crippen molar-refractivity contribution in [3.8, 4) is 0 Å². The maximum absolute atomic E-state index is 2.44. The standard InChI is InChI=1S/C13H16N/c1-2-6-13(14-9-3-4-10-14)12(5-1)11-7-8-11/h1-2,5-6,9,11H,3-4,7-8,10H2. The maximum Gasteiger partial charge on any atom is 0.0494 e. The monoisotopic (exact) mass is 186 g/mol. The van der Waals surface area contributed by atoms with Crippen LogP contribution in [0.4, 0.5) is 5.69 Å². The van der Waals surface area contributed by atoms with E-state index < -0.39 is 0 Å². The first kappa shape index (κ1) is 8.34. The highest BCUT2D eigenvalue weighted by atomic mass is 15.1. The van der Waals surface area contributed by atoms with Crippen LogP contribution in [0, 0.1) is 6.54 Å². The maximum atomic E-state index is 2.44. The van der Waals surface area contributed by atoms with Crippen LogP contribution in [-0.4, -0.2) is 6.54 Å². The van der Waals surface area contributed by atoms with Crippen molar-refractivity contribution in [1.29, 1.82) is 0 Å². The molecular weight excluding hydrogens is 170 g/mol. The Kier molecular flexibility index (Phi) is 1.97. The quantitative estimate of drug-likeness (QED) is 0.684. The average molecular weight is 186 g/mol. The second-order valence-corrected chi connectivity index (χ2v) is 4.35. The predicted octanol–water partition coefficient (Wildman–Crippen LogP) is 3.33. The van der Waals surface area contributed by atoms with Crippen molar-refractivity contribution < 1.29 is 0 Å². The van der Waals surface area contributed by atoms with Gasteiger partial charge in [-0.3, -0.25) is 0 Å². The Morgan fingerprint density at radius 3 is 2.71 bits per heavy atom. The molecule has 73 valence electrons. The van der Waals surface area contributed by atoms with Crippen LogP contribution >= 0.6 is 0 Å². The molecule has 1 aliphatic heterocycles. The summed E-state index contributed by atoms with van der Waals surface area (Å²) in [5.74, 6) is 0.861. The molecule has 0 aromatic heterocycles. The van der Waals surface area contributed by atoms with Crippen molar-refractivity contribution >= 4 is 5.69 Å². The van der Waals surface area contributed by atoms with E-state index in [-0.39, 0.29) is 0 Å². The van der Waals surface area contributed by atoms with Crippen LogP contribution in [0.3, 0.4) is 0 Å². The normalized spacial score (nSPS) is 21.6. The molecule has 2 fully saturated rings. The van der Waals surface area contributed by atoms with Crippen molar-refractivity contribution in [3.63, 3.8) is 0 Å². The Morgan fingerprint density at radius 2 is 2.00 bits per heavy atom. The average Bonchev–Trinajstić information content (AvgIpc) is 2.94. The van der Waals surface area contributed by atoms with Gasteiger partial charge in [0.05, 0.1) is 0 Å². The Morgan fingerprint density at radius 1 is 1.14 bits per heavy atom. The second-order valence-electron chi connectivity index (χ2n) is 4.35. The van der Waals surface area contributed by atoms with E-state index >= 15 is 0 Å². The van der Waals surface area contributed by atoms with Gasteiger partial charge in [0.1, 0.15) is 0 Å². The van der Waals surface area contributed by atoms with E-state index in [1.165, 1.54) is 37.9 Å². The number of rotatable bonds is 2. The van der Waals surface area contributed by atoms with E-state index in [1.807, 2.05) is 0 Å². The fourth-order valence-corrected chi connectivity index (χ4v) is 2.31. The molecule has 1 radical (unpaired) electrons. The van der Waals surface area contributed by atoms with Gasteiger partial charge >= 0.3 is 0 Å². The van der Waals surface area contributed by atoms with Gasteiger partial charge in [-0.2, -0.15) is 0 Å². The molecule has 2 aliphatic rings. The fraction of sp³-hybridized carbons (Fsp3) is 0.462. The highest BCUT2D eigenvalue weighted by molar-refractivity contribution is 5.58. The first-order chi connectivity index (χ1) is 6.95. The molecule has 1 heterocycles. The summed E-state index contributed by atoms with van der Waals surface area (Å²) < 4.78 is 0. The summed E-state index contributed by atoms with van der Waals surface area (Å²) in [5, 5.41) is 0. The van der Waals surface area contributed by atoms with Crippen molar-refractivity contribution in [2.75, 3.05) is 11.4 Å². The van der Waals surface area contributed by atoms with Crippen LogP contribution in [0.15, 0.2) is 24.3 Å². The highest BCUT2D eigenvalue weighted by Gasteiger charge is 2.27. The van der Waals surface area contributed by atoms with Gasteiger partial charge in [-0.1, -0.05) is 18.2 Å². The molecule has 14 heavy (non-hydrogen) atoms. The Labute approximate surface area is 85.7 Å². The number of para-hydroxylation sites is 1. The lowest BCUT2D eigenvalue weighted by atomic mass is 10.1. The van der Waals surface area contributed by atoms with Gasteiger partial charge in [-0.05, 0) is 43.2 Å². The molecule has 1 saturated heterocycles. The molecule has 0 N–H and O–H groups in total. The zero-order valence-corrected chi connectivity index (χ0v) is 8.45. The van der Waals surface area contributed by atoms with Crippen LogP contribution in [0.25, 0.3) is 0 Å². The SMILES string of the molecule is [CH]1CCCN1c1ccccc1C1CC1. The van der Waals surface area contributed by atoms with Crippen LogP contribution < -0.4 is 4.90 Å². The minimum atomic E-state index is 0.861. The molecule has 0 bridgehead atoms. The van der Waals surface area contributed by atoms with Crippen molar-refractivity contribution in [1.82, 2.24) is 0 Å². The third-order valence-electron chi connectivity index (χ3n) is 3.22. The summed E-state index contributed by atoms with van der Waals surface area (Å²) in [7, 11) is 0. The molecule has 1 aromatic carbocycles. The number of hydrogen-bond donors (Lipinski definition) is 0. The highest BCUT2D eigenvalue weighted by Crippen LogP contribution is 2.45. The number of benzene rings is 1. The first-order valence-corrected chi connectivity index (χ1v) is 5.64. The fourth-order valence-electron chi connectivity index (χ4n) is 2.31. The minimum Gasteiger partial charge on any atom is -0.366 e. The summed E-state index contributed by atoms with van der Waals surface area (Å²) in [6.45, 7) is 3.56. The van der Waals surface area contributed by atoms with Crippen LogP contribution in [0.5, 0.6) is 0 Å². The Hall–Kier alpha value is -0.980. The van der Waals surface area contributed by atoms with Crippen LogP contribution in [0.2, 0.25) is 0 Å². The summed E-state index contributed by atoms with van der Waals surface area (Å²) >= 11 is 0. The largest absolute Gasteiger partial charge is 0.366 e. The van der Waals surface area contributed by atoms with Gasteiger partial charge in [-0.25, -0.2) is 0 Å². The lowest BCUT2D eigenvalue weighted by Gasteiger charge is -2.20. The molecule has 3 rings (SSSR count). The van der Waals surface area contributed by atoms with E-state index in [4.69, 9.17) is 0 Å². The second kappa shape index (κ2) is 3.30. The van der Waals surface area contributed by atoms with E-state index in [9.17, 15) is 0 Å². The van der Waals surface area contributed by atoms with E-state index in [2.05, 4.69) is 35.7 Å². The molecule has 0 amide bonds. The molecule has 1 heteroatoms. The Bertz CT molecular complexity index is 322. The van der Waals surface area contributed by atoms with Gasteiger partial charge in [0.2, 0.25) is 0 Å². The van der Waals surface area contributed by atoms with Crippen LogP contribution in [-0.2, 0) is 0 Å². The minimum absolute atomic E-state index is 0.861. The predicted molar refractivity (Wildman–Crippen MR) is 59.3 cm³/mol. The molecule has 1 nitrogen and oxygen atoms in total. The summed E-state index contributed by atoms with van der Waals surface area (Å²) in [5.41, 5.74) is 3.04. The summed E-state index contributed by atoms with van der Waals surface area (Å²) in [6.07, 6.45) is 5.35. The lowest BCUT2D eigenvalue weighted by molar-refractivity contribution is 0.948. The Balaban J connectivity index is 1.94. The van der Waals surface area contributed by atoms with Gasteiger partial charge < -0.3 is 4.90 Å². The van der Waals surface area contributed by atoms with Crippen LogP contribution in [0.1, 0.15) is 37.2 Å². The molecular formula is C13H16N. The smallest absolute Gasteiger partial charge is 0.0494 e. The topological polar surface area (TPSA) is 3.24 Å². The summed E-state index contributed by atoms with van der Waals surface area (Å²) in [4.78, 5) is 2.44. The summed E-state index contributed by atoms with van der Waals surface area (Å²) in [6, 6.07) is 8.91. The molecule has 0 spiro atoms. The molecule has 1 aliphatic carbocycles. The third-order valence-corrected chi connectivity index (χ3v) is 3.22. The first-order valence-electron chi connectivity index (χ1n) is 5.64. The van der Waals surface area contributed by atoms with E-state index in [0.29, 0.717) is 0 Å². The van der Waals surface area contributed by atoms with Crippen molar-refractivity contribution in [2.24, 2.45) is 0 Å².